The van der Waals surface area contributed by atoms with Crippen molar-refractivity contribution in [2.45, 2.75) is 13.5 Å². The Balaban J connectivity index is 2.14. The van der Waals surface area contributed by atoms with Gasteiger partial charge in [0.1, 0.15) is 5.69 Å². The SMILES string of the molecule is Cc1cscc1CNC(=O)c1ccc(NN)c([N+](=O)[O-])c1. The van der Waals surface area contributed by atoms with E-state index in [1.165, 1.54) is 18.2 Å². The zero-order valence-electron chi connectivity index (χ0n) is 11.3. The normalized spacial score (nSPS) is 10.2. The van der Waals surface area contributed by atoms with Crippen LogP contribution in [0.4, 0.5) is 11.4 Å². The first-order chi connectivity index (χ1) is 10.0. The summed E-state index contributed by atoms with van der Waals surface area (Å²) >= 11 is 1.56. The largest absolute Gasteiger partial charge is 0.348 e. The van der Waals surface area contributed by atoms with E-state index in [-0.39, 0.29) is 22.8 Å². The molecular formula is C13H14N4O3S. The van der Waals surface area contributed by atoms with Gasteiger partial charge in [-0.05, 0) is 40.9 Å². The molecule has 21 heavy (non-hydrogen) atoms. The van der Waals surface area contributed by atoms with E-state index in [1.807, 2.05) is 17.7 Å². The van der Waals surface area contributed by atoms with Gasteiger partial charge in [-0.3, -0.25) is 20.8 Å². The molecule has 2 rings (SSSR count). The van der Waals surface area contributed by atoms with Gasteiger partial charge in [-0.2, -0.15) is 11.3 Å². The number of thiophene rings is 1. The molecule has 0 saturated heterocycles. The van der Waals surface area contributed by atoms with Crippen LogP contribution in [0.3, 0.4) is 0 Å². The standard InChI is InChI=1S/C13H14N4O3S/c1-8-6-21-7-10(8)5-15-13(18)9-2-3-11(16-14)12(4-9)17(19)20/h2-4,6-7,16H,5,14H2,1H3,(H,15,18). The molecule has 110 valence electrons. The van der Waals surface area contributed by atoms with Crippen LogP contribution in [0.25, 0.3) is 0 Å². The third-order valence-electron chi connectivity index (χ3n) is 3.01. The number of hydrogen-bond acceptors (Lipinski definition) is 6. The minimum atomic E-state index is -0.588. The first kappa shape index (κ1) is 14.9. The first-order valence-electron chi connectivity index (χ1n) is 6.08. The number of nitrogens with two attached hydrogens (primary N) is 1. The van der Waals surface area contributed by atoms with Gasteiger partial charge < -0.3 is 10.7 Å². The molecule has 1 aromatic carbocycles. The second kappa shape index (κ2) is 6.33. The van der Waals surface area contributed by atoms with Crippen LogP contribution in [0.1, 0.15) is 21.5 Å². The number of carbonyl (C=O) groups is 1. The lowest BCUT2D eigenvalue weighted by atomic mass is 10.1. The highest BCUT2D eigenvalue weighted by Crippen LogP contribution is 2.24. The van der Waals surface area contributed by atoms with E-state index in [1.54, 1.807) is 11.3 Å². The number of anilines is 1. The molecule has 8 heteroatoms. The van der Waals surface area contributed by atoms with E-state index in [0.717, 1.165) is 11.1 Å². The van der Waals surface area contributed by atoms with Crippen molar-refractivity contribution in [2.24, 2.45) is 5.84 Å². The molecule has 0 spiro atoms. The lowest BCUT2D eigenvalue weighted by Crippen LogP contribution is -2.23. The summed E-state index contributed by atoms with van der Waals surface area (Å²) in [5, 5.41) is 17.6. The van der Waals surface area contributed by atoms with Crippen LogP contribution in [-0.4, -0.2) is 10.8 Å². The van der Waals surface area contributed by atoms with Crippen LogP contribution in [0.15, 0.2) is 29.0 Å². The number of amides is 1. The van der Waals surface area contributed by atoms with Gasteiger partial charge in [0, 0.05) is 18.2 Å². The van der Waals surface area contributed by atoms with Gasteiger partial charge in [0.2, 0.25) is 0 Å². The Labute approximate surface area is 124 Å². The van der Waals surface area contributed by atoms with Gasteiger partial charge >= 0.3 is 0 Å². The number of nitrogen functional groups attached to an aromatic ring is 1. The van der Waals surface area contributed by atoms with E-state index in [2.05, 4.69) is 10.7 Å². The Bertz CT molecular complexity index is 684. The van der Waals surface area contributed by atoms with Gasteiger partial charge in [0.25, 0.3) is 11.6 Å². The van der Waals surface area contributed by atoms with E-state index < -0.39 is 4.92 Å². The molecule has 4 N–H and O–H groups in total. The highest BCUT2D eigenvalue weighted by atomic mass is 32.1. The van der Waals surface area contributed by atoms with Crippen LogP contribution in [0, 0.1) is 17.0 Å². The lowest BCUT2D eigenvalue weighted by molar-refractivity contribution is -0.384. The summed E-state index contributed by atoms with van der Waals surface area (Å²) in [6, 6.07) is 4.09. The van der Waals surface area contributed by atoms with Crippen molar-refractivity contribution in [3.8, 4) is 0 Å². The molecule has 0 aliphatic carbocycles. The fraction of sp³-hybridized carbons (Fsp3) is 0.154. The number of aryl methyl sites for hydroxylation is 1. The molecule has 0 atom stereocenters. The monoisotopic (exact) mass is 306 g/mol. The average molecular weight is 306 g/mol. The Hall–Kier alpha value is -2.45. The fourth-order valence-electron chi connectivity index (χ4n) is 1.79. The van der Waals surface area contributed by atoms with Gasteiger partial charge in [0.05, 0.1) is 4.92 Å². The Morgan fingerprint density at radius 3 is 2.76 bits per heavy atom. The second-order valence-corrected chi connectivity index (χ2v) is 5.14. The molecule has 2 aromatic rings. The minimum Gasteiger partial charge on any atom is -0.348 e. The number of rotatable bonds is 5. The first-order valence-corrected chi connectivity index (χ1v) is 7.02. The molecule has 0 saturated carbocycles. The molecule has 1 amide bonds. The van der Waals surface area contributed by atoms with Gasteiger partial charge in [-0.15, -0.1) is 0 Å². The van der Waals surface area contributed by atoms with Gasteiger partial charge in [0.15, 0.2) is 0 Å². The summed E-state index contributed by atoms with van der Waals surface area (Å²) in [7, 11) is 0. The molecule has 1 aromatic heterocycles. The maximum absolute atomic E-state index is 12.0. The van der Waals surface area contributed by atoms with E-state index >= 15 is 0 Å². The summed E-state index contributed by atoms with van der Waals surface area (Å²) in [6.45, 7) is 2.35. The summed E-state index contributed by atoms with van der Waals surface area (Å²) < 4.78 is 0. The van der Waals surface area contributed by atoms with Crippen molar-refractivity contribution in [2.75, 3.05) is 5.43 Å². The summed E-state index contributed by atoms with van der Waals surface area (Å²) in [6.07, 6.45) is 0. The number of nitrogens with one attached hydrogen (secondary N) is 2. The summed E-state index contributed by atoms with van der Waals surface area (Å²) in [5.74, 6) is 4.83. The number of benzene rings is 1. The van der Waals surface area contributed by atoms with Gasteiger partial charge in [-0.25, -0.2) is 0 Å². The van der Waals surface area contributed by atoms with Gasteiger partial charge in [-0.1, -0.05) is 0 Å². The lowest BCUT2D eigenvalue weighted by Gasteiger charge is -2.07. The smallest absolute Gasteiger partial charge is 0.294 e. The average Bonchev–Trinajstić information content (AvgIpc) is 2.89. The van der Waals surface area contributed by atoms with Crippen LogP contribution in [0.2, 0.25) is 0 Å². The van der Waals surface area contributed by atoms with Crippen LogP contribution in [-0.2, 0) is 6.54 Å². The fourth-order valence-corrected chi connectivity index (χ4v) is 2.65. The Morgan fingerprint density at radius 2 is 2.19 bits per heavy atom. The summed E-state index contributed by atoms with van der Waals surface area (Å²) in [4.78, 5) is 22.4. The minimum absolute atomic E-state index is 0.158. The number of carbonyl (C=O) groups excluding carboxylic acids is 1. The van der Waals surface area contributed by atoms with Crippen molar-refractivity contribution in [3.63, 3.8) is 0 Å². The van der Waals surface area contributed by atoms with Crippen LogP contribution < -0.4 is 16.6 Å². The molecule has 1 heterocycles. The van der Waals surface area contributed by atoms with Crippen molar-refractivity contribution >= 4 is 28.6 Å². The number of hydrazine groups is 1. The van der Waals surface area contributed by atoms with Crippen molar-refractivity contribution < 1.29 is 9.72 Å². The predicted molar refractivity (Wildman–Crippen MR) is 81.1 cm³/mol. The van der Waals surface area contributed by atoms with Crippen molar-refractivity contribution in [1.29, 1.82) is 0 Å². The quantitative estimate of drug-likeness (QED) is 0.445. The number of nitro benzene ring substituents is 1. The number of hydrogen-bond donors (Lipinski definition) is 3. The Morgan fingerprint density at radius 1 is 1.43 bits per heavy atom. The molecule has 0 fully saturated rings. The summed E-state index contributed by atoms with van der Waals surface area (Å²) in [5.41, 5.74) is 4.50. The third kappa shape index (κ3) is 3.36. The Kier molecular flexibility index (Phi) is 4.51. The van der Waals surface area contributed by atoms with E-state index in [0.29, 0.717) is 6.54 Å². The van der Waals surface area contributed by atoms with Crippen LogP contribution >= 0.6 is 11.3 Å². The van der Waals surface area contributed by atoms with Crippen LogP contribution in [0.5, 0.6) is 0 Å². The molecule has 7 nitrogen and oxygen atoms in total. The third-order valence-corrected chi connectivity index (χ3v) is 3.92. The highest BCUT2D eigenvalue weighted by Gasteiger charge is 2.17. The zero-order valence-corrected chi connectivity index (χ0v) is 12.1. The highest BCUT2D eigenvalue weighted by molar-refractivity contribution is 7.08. The van der Waals surface area contributed by atoms with Crippen molar-refractivity contribution in [1.82, 2.24) is 5.32 Å². The topological polar surface area (TPSA) is 110 Å². The van der Waals surface area contributed by atoms with E-state index in [9.17, 15) is 14.9 Å². The molecule has 0 aliphatic heterocycles. The molecular weight excluding hydrogens is 292 g/mol. The molecule has 0 unspecified atom stereocenters. The maximum Gasteiger partial charge on any atom is 0.294 e. The predicted octanol–water partition coefficient (Wildman–Crippen LogP) is 2.18. The molecule has 0 bridgehead atoms. The van der Waals surface area contributed by atoms with E-state index in [4.69, 9.17) is 5.84 Å². The zero-order chi connectivity index (χ0) is 15.4. The van der Waals surface area contributed by atoms with Crippen molar-refractivity contribution in [3.05, 3.63) is 55.8 Å². The number of nitrogens with zero attached hydrogens (tertiary/aromatic N) is 1. The maximum atomic E-state index is 12.0. The molecule has 0 radical (unpaired) electrons. The second-order valence-electron chi connectivity index (χ2n) is 4.40. The number of nitro groups is 1. The molecule has 0 aliphatic rings.